The van der Waals surface area contributed by atoms with Gasteiger partial charge in [-0.3, -0.25) is 18.7 Å². The maximum Gasteiger partial charge on any atom is 0.263 e. The predicted octanol–water partition coefficient (Wildman–Crippen LogP) is 0.633. The molecule has 96 valence electrons. The first-order chi connectivity index (χ1) is 8.52. The Labute approximate surface area is 107 Å². The van der Waals surface area contributed by atoms with Crippen LogP contribution in [0.3, 0.4) is 0 Å². The molecule has 1 aliphatic rings. The highest BCUT2D eigenvalue weighted by atomic mass is 32.2. The Bertz CT molecular complexity index is 542. The lowest BCUT2D eigenvalue weighted by Crippen LogP contribution is -2.31. The molecule has 0 aromatic heterocycles. The van der Waals surface area contributed by atoms with Gasteiger partial charge in [0.15, 0.2) is 0 Å². The first-order valence-corrected chi connectivity index (χ1v) is 7.30. The van der Waals surface area contributed by atoms with Crippen molar-refractivity contribution in [3.63, 3.8) is 0 Å². The number of rotatable bonds is 4. The van der Waals surface area contributed by atoms with Crippen LogP contribution in [0.25, 0.3) is 0 Å². The highest BCUT2D eigenvalue weighted by Crippen LogP contribution is 2.27. The standard InChI is InChI=1S/C12H14N2O3S/c1-18(17)7-3-6-14-11(15)8-4-2-5-9(13)10(8)12(14)16/h2,4-5H,3,6-7,13H2,1H3. The van der Waals surface area contributed by atoms with Crippen LogP contribution in [0.4, 0.5) is 5.69 Å². The van der Waals surface area contributed by atoms with Crippen molar-refractivity contribution in [3.8, 4) is 0 Å². The molecule has 0 saturated carbocycles. The molecule has 6 heteroatoms. The summed E-state index contributed by atoms with van der Waals surface area (Å²) in [6.07, 6.45) is 2.13. The number of anilines is 1. The molecule has 0 fully saturated rings. The zero-order valence-corrected chi connectivity index (χ0v) is 10.8. The largest absolute Gasteiger partial charge is 0.398 e. The fourth-order valence-electron chi connectivity index (χ4n) is 1.99. The second kappa shape index (κ2) is 4.89. The van der Waals surface area contributed by atoms with E-state index >= 15 is 0 Å². The maximum atomic E-state index is 12.1. The fourth-order valence-corrected chi connectivity index (χ4v) is 2.52. The van der Waals surface area contributed by atoms with Crippen molar-refractivity contribution >= 4 is 28.3 Å². The third-order valence-corrected chi connectivity index (χ3v) is 3.71. The summed E-state index contributed by atoms with van der Waals surface area (Å²) < 4.78 is 11.0. The smallest absolute Gasteiger partial charge is 0.263 e. The van der Waals surface area contributed by atoms with Gasteiger partial charge in [-0.1, -0.05) is 6.07 Å². The summed E-state index contributed by atoms with van der Waals surface area (Å²) in [7, 11) is -0.917. The first kappa shape index (κ1) is 12.8. The van der Waals surface area contributed by atoms with Crippen LogP contribution < -0.4 is 5.73 Å². The highest BCUT2D eigenvalue weighted by molar-refractivity contribution is 7.84. The predicted molar refractivity (Wildman–Crippen MR) is 69.8 cm³/mol. The van der Waals surface area contributed by atoms with Crippen molar-refractivity contribution in [2.24, 2.45) is 0 Å². The van der Waals surface area contributed by atoms with Gasteiger partial charge in [0.05, 0.1) is 11.1 Å². The number of nitrogens with two attached hydrogens (primary N) is 1. The molecule has 0 radical (unpaired) electrons. The Morgan fingerprint density at radius 3 is 2.61 bits per heavy atom. The average Bonchev–Trinajstić information content (AvgIpc) is 2.55. The molecule has 1 aromatic rings. The summed E-state index contributed by atoms with van der Waals surface area (Å²) in [4.78, 5) is 25.2. The third kappa shape index (κ3) is 2.15. The van der Waals surface area contributed by atoms with Crippen LogP contribution in [0.1, 0.15) is 27.1 Å². The van der Waals surface area contributed by atoms with Crippen LogP contribution in [-0.4, -0.2) is 39.5 Å². The Hall–Kier alpha value is -1.69. The molecule has 0 aliphatic carbocycles. The molecule has 2 amide bonds. The molecule has 0 spiro atoms. The van der Waals surface area contributed by atoms with E-state index in [0.717, 1.165) is 0 Å². The number of nitrogens with zero attached hydrogens (tertiary/aromatic N) is 1. The molecule has 1 atom stereocenters. The Morgan fingerprint density at radius 1 is 1.28 bits per heavy atom. The van der Waals surface area contributed by atoms with E-state index < -0.39 is 10.8 Å². The summed E-state index contributed by atoms with van der Waals surface area (Å²) in [5.41, 5.74) is 6.69. The van der Waals surface area contributed by atoms with E-state index in [2.05, 4.69) is 0 Å². The number of benzene rings is 1. The maximum absolute atomic E-state index is 12.1. The van der Waals surface area contributed by atoms with Crippen molar-refractivity contribution in [1.29, 1.82) is 0 Å². The summed E-state index contributed by atoms with van der Waals surface area (Å²) in [5.74, 6) is -0.192. The van der Waals surface area contributed by atoms with E-state index in [9.17, 15) is 13.8 Å². The Morgan fingerprint density at radius 2 is 2.00 bits per heavy atom. The molecule has 0 bridgehead atoms. The Kier molecular flexibility index (Phi) is 3.47. The second-order valence-electron chi connectivity index (χ2n) is 4.16. The van der Waals surface area contributed by atoms with Gasteiger partial charge in [-0.15, -0.1) is 0 Å². The summed E-state index contributed by atoms with van der Waals surface area (Å²) >= 11 is 0. The van der Waals surface area contributed by atoms with Crippen LogP contribution >= 0.6 is 0 Å². The van der Waals surface area contributed by atoms with Crippen LogP contribution in [0.15, 0.2) is 18.2 Å². The van der Waals surface area contributed by atoms with Gasteiger partial charge >= 0.3 is 0 Å². The van der Waals surface area contributed by atoms with Gasteiger partial charge in [0, 0.05) is 35.0 Å². The van der Waals surface area contributed by atoms with Crippen molar-refractivity contribution in [2.75, 3.05) is 24.3 Å². The van der Waals surface area contributed by atoms with Crippen LogP contribution in [0.5, 0.6) is 0 Å². The molecular weight excluding hydrogens is 252 g/mol. The quantitative estimate of drug-likeness (QED) is 0.640. The number of carbonyl (C=O) groups excluding carboxylic acids is 2. The number of nitrogen functional groups attached to an aromatic ring is 1. The molecule has 1 heterocycles. The molecule has 5 nitrogen and oxygen atoms in total. The molecule has 1 unspecified atom stereocenters. The summed E-state index contributed by atoms with van der Waals surface area (Å²) in [5, 5.41) is 0. The lowest BCUT2D eigenvalue weighted by Gasteiger charge is -2.12. The monoisotopic (exact) mass is 266 g/mol. The Balaban J connectivity index is 2.18. The minimum Gasteiger partial charge on any atom is -0.398 e. The summed E-state index contributed by atoms with van der Waals surface area (Å²) in [6, 6.07) is 4.86. The minimum atomic E-state index is -0.917. The average molecular weight is 266 g/mol. The van der Waals surface area contributed by atoms with E-state index in [0.29, 0.717) is 29.0 Å². The lowest BCUT2D eigenvalue weighted by molar-refractivity contribution is 0.0655. The molecular formula is C12H14N2O3S. The van der Waals surface area contributed by atoms with Gasteiger partial charge in [0.2, 0.25) is 0 Å². The fraction of sp³-hybridized carbons (Fsp3) is 0.333. The minimum absolute atomic E-state index is 0.283. The molecule has 2 rings (SSSR count). The zero-order chi connectivity index (χ0) is 13.3. The van der Waals surface area contributed by atoms with Crippen molar-refractivity contribution in [3.05, 3.63) is 29.3 Å². The van der Waals surface area contributed by atoms with E-state index in [4.69, 9.17) is 5.73 Å². The molecule has 18 heavy (non-hydrogen) atoms. The summed E-state index contributed by atoms with van der Waals surface area (Å²) in [6.45, 7) is 0.283. The van der Waals surface area contributed by atoms with Gasteiger partial charge in [0.1, 0.15) is 0 Å². The van der Waals surface area contributed by atoms with E-state index in [1.807, 2.05) is 0 Å². The number of carbonyl (C=O) groups is 2. The second-order valence-corrected chi connectivity index (χ2v) is 5.72. The van der Waals surface area contributed by atoms with E-state index in [1.54, 1.807) is 24.5 Å². The molecule has 1 aliphatic heterocycles. The lowest BCUT2D eigenvalue weighted by atomic mass is 10.1. The molecule has 1 aromatic carbocycles. The number of imide groups is 1. The van der Waals surface area contributed by atoms with Gasteiger partial charge in [0.25, 0.3) is 11.8 Å². The van der Waals surface area contributed by atoms with Crippen LogP contribution in [0.2, 0.25) is 0 Å². The zero-order valence-electron chi connectivity index (χ0n) is 10.0. The third-order valence-electron chi connectivity index (χ3n) is 2.84. The van der Waals surface area contributed by atoms with Gasteiger partial charge in [-0.25, -0.2) is 0 Å². The van der Waals surface area contributed by atoms with Gasteiger partial charge in [-0.05, 0) is 18.6 Å². The normalized spacial score (nSPS) is 15.9. The number of fused-ring (bicyclic) bond motifs is 1. The van der Waals surface area contributed by atoms with Gasteiger partial charge < -0.3 is 5.73 Å². The topological polar surface area (TPSA) is 80.5 Å². The van der Waals surface area contributed by atoms with Crippen molar-refractivity contribution in [1.82, 2.24) is 4.90 Å². The van der Waals surface area contributed by atoms with Crippen molar-refractivity contribution in [2.45, 2.75) is 6.42 Å². The SMILES string of the molecule is CS(=O)CCCN1C(=O)c2cccc(N)c2C1=O. The number of amides is 2. The van der Waals surface area contributed by atoms with Crippen LogP contribution in [-0.2, 0) is 10.8 Å². The molecule has 0 saturated heterocycles. The van der Waals surface area contributed by atoms with Crippen LogP contribution in [0, 0.1) is 0 Å². The number of hydrogen-bond donors (Lipinski definition) is 1. The molecule has 2 N–H and O–H groups in total. The van der Waals surface area contributed by atoms with E-state index in [-0.39, 0.29) is 18.4 Å². The van der Waals surface area contributed by atoms with Crippen molar-refractivity contribution < 1.29 is 13.8 Å². The van der Waals surface area contributed by atoms with Gasteiger partial charge in [-0.2, -0.15) is 0 Å². The van der Waals surface area contributed by atoms with E-state index in [1.165, 1.54) is 4.90 Å². The first-order valence-electron chi connectivity index (χ1n) is 5.57. The highest BCUT2D eigenvalue weighted by Gasteiger charge is 2.36. The number of hydrogen-bond acceptors (Lipinski definition) is 4.